The van der Waals surface area contributed by atoms with Crippen molar-refractivity contribution >= 4 is 33.7 Å². The lowest BCUT2D eigenvalue weighted by Crippen LogP contribution is -2.41. The second-order valence-corrected chi connectivity index (χ2v) is 8.19. The highest BCUT2D eigenvalue weighted by atomic mass is 16.5. The number of aromatic amines is 1. The molecule has 9 heteroatoms. The summed E-state index contributed by atoms with van der Waals surface area (Å²) in [5, 5.41) is 3.70. The summed E-state index contributed by atoms with van der Waals surface area (Å²) < 4.78 is 17.0. The Morgan fingerprint density at radius 3 is 2.85 bits per heavy atom. The molecule has 34 heavy (non-hydrogen) atoms. The van der Waals surface area contributed by atoms with Gasteiger partial charge in [-0.1, -0.05) is 19.1 Å². The number of fused-ring (bicyclic) bond motifs is 3. The number of ether oxygens (including phenoxy) is 2. The summed E-state index contributed by atoms with van der Waals surface area (Å²) in [7, 11) is 0. The Kier molecular flexibility index (Phi) is 6.29. The van der Waals surface area contributed by atoms with E-state index in [2.05, 4.69) is 15.2 Å². The van der Waals surface area contributed by atoms with Gasteiger partial charge in [-0.2, -0.15) is 0 Å². The maximum Gasteiger partial charge on any atom is 0.294 e. The smallest absolute Gasteiger partial charge is 0.294 e. The lowest BCUT2D eigenvalue weighted by molar-refractivity contribution is -0.118. The molecular formula is C25H26N4O5. The zero-order chi connectivity index (χ0) is 23.5. The fraction of sp³-hybridized carbons (Fsp3) is 0.320. The molecule has 3 heterocycles. The van der Waals surface area contributed by atoms with Gasteiger partial charge in [0, 0.05) is 24.2 Å². The van der Waals surface area contributed by atoms with Gasteiger partial charge in [0.15, 0.2) is 0 Å². The first-order valence-electron chi connectivity index (χ1n) is 11.4. The fourth-order valence-electron chi connectivity index (χ4n) is 4.02. The number of nitrogens with one attached hydrogen (secondary N) is 2. The SMILES string of the molecule is CCCOc1ccc(NC(=O)CN2CCOCC2)cc1-c1nc2c(oc3ccccc32)c(=O)[nH]1. The van der Waals surface area contributed by atoms with Crippen LogP contribution in [0.3, 0.4) is 0 Å². The van der Waals surface area contributed by atoms with E-state index in [0.29, 0.717) is 53.7 Å². The average Bonchev–Trinajstić information content (AvgIpc) is 3.23. The van der Waals surface area contributed by atoms with Crippen molar-refractivity contribution in [1.29, 1.82) is 0 Å². The summed E-state index contributed by atoms with van der Waals surface area (Å²) in [5.41, 5.74) is 2.06. The van der Waals surface area contributed by atoms with Crippen LogP contribution in [0.1, 0.15) is 13.3 Å². The van der Waals surface area contributed by atoms with E-state index in [0.717, 1.165) is 24.9 Å². The molecule has 0 bridgehead atoms. The number of benzene rings is 2. The number of para-hydroxylation sites is 1. The quantitative estimate of drug-likeness (QED) is 0.433. The molecule has 1 fully saturated rings. The van der Waals surface area contributed by atoms with Crippen LogP contribution >= 0.6 is 0 Å². The molecule has 5 rings (SSSR count). The minimum absolute atomic E-state index is 0.118. The van der Waals surface area contributed by atoms with Gasteiger partial charge in [-0.25, -0.2) is 4.98 Å². The van der Waals surface area contributed by atoms with Crippen molar-refractivity contribution in [3.05, 3.63) is 52.8 Å². The van der Waals surface area contributed by atoms with Gasteiger partial charge in [0.1, 0.15) is 22.7 Å². The molecule has 9 nitrogen and oxygen atoms in total. The van der Waals surface area contributed by atoms with E-state index in [-0.39, 0.29) is 23.6 Å². The topological polar surface area (TPSA) is 110 Å². The van der Waals surface area contributed by atoms with Crippen LogP contribution in [0.25, 0.3) is 33.5 Å². The van der Waals surface area contributed by atoms with E-state index < -0.39 is 0 Å². The molecular weight excluding hydrogens is 436 g/mol. The number of H-pyrrole nitrogens is 1. The molecule has 2 aromatic carbocycles. The Hall–Kier alpha value is -3.69. The Bertz CT molecular complexity index is 1390. The number of nitrogens with zero attached hydrogens (tertiary/aromatic N) is 2. The van der Waals surface area contributed by atoms with E-state index in [9.17, 15) is 9.59 Å². The first-order chi connectivity index (χ1) is 16.6. The van der Waals surface area contributed by atoms with Gasteiger partial charge in [0.25, 0.3) is 5.56 Å². The van der Waals surface area contributed by atoms with Gasteiger partial charge in [-0.15, -0.1) is 0 Å². The van der Waals surface area contributed by atoms with E-state index in [1.165, 1.54) is 0 Å². The Labute approximate surface area is 195 Å². The number of hydrogen-bond acceptors (Lipinski definition) is 7. The fourth-order valence-corrected chi connectivity index (χ4v) is 4.02. The molecule has 1 saturated heterocycles. The van der Waals surface area contributed by atoms with Crippen molar-refractivity contribution in [2.24, 2.45) is 0 Å². The minimum atomic E-state index is -0.376. The van der Waals surface area contributed by atoms with Crippen LogP contribution in [-0.2, 0) is 9.53 Å². The second kappa shape index (κ2) is 9.66. The van der Waals surface area contributed by atoms with Crippen molar-refractivity contribution in [2.45, 2.75) is 13.3 Å². The largest absolute Gasteiger partial charge is 0.493 e. The molecule has 2 N–H and O–H groups in total. The third-order valence-corrected chi connectivity index (χ3v) is 5.68. The summed E-state index contributed by atoms with van der Waals surface area (Å²) in [6.07, 6.45) is 0.826. The first kappa shape index (κ1) is 22.1. The Morgan fingerprint density at radius 1 is 1.21 bits per heavy atom. The lowest BCUT2D eigenvalue weighted by atomic mass is 10.1. The maximum atomic E-state index is 12.8. The van der Waals surface area contributed by atoms with Gasteiger partial charge in [0.2, 0.25) is 11.5 Å². The highest BCUT2D eigenvalue weighted by molar-refractivity contribution is 6.02. The summed E-state index contributed by atoms with van der Waals surface area (Å²) in [6, 6.07) is 12.7. The molecule has 0 atom stereocenters. The summed E-state index contributed by atoms with van der Waals surface area (Å²) >= 11 is 0. The molecule has 4 aromatic rings. The van der Waals surface area contributed by atoms with Crippen LogP contribution in [0.2, 0.25) is 0 Å². The highest BCUT2D eigenvalue weighted by Crippen LogP contribution is 2.33. The summed E-state index contributed by atoms with van der Waals surface area (Å²) in [5.74, 6) is 0.801. The van der Waals surface area contributed by atoms with Crippen LogP contribution in [0, 0.1) is 0 Å². The molecule has 1 aliphatic rings. The number of anilines is 1. The molecule has 1 amide bonds. The minimum Gasteiger partial charge on any atom is -0.493 e. The monoisotopic (exact) mass is 462 g/mol. The van der Waals surface area contributed by atoms with Crippen molar-refractivity contribution in [3.8, 4) is 17.1 Å². The Balaban J connectivity index is 1.51. The molecule has 0 radical (unpaired) electrons. The molecule has 0 aliphatic carbocycles. The molecule has 0 spiro atoms. The molecule has 2 aromatic heterocycles. The number of aromatic nitrogens is 2. The summed E-state index contributed by atoms with van der Waals surface area (Å²) in [6.45, 7) is 5.53. The molecule has 1 aliphatic heterocycles. The van der Waals surface area contributed by atoms with E-state index >= 15 is 0 Å². The lowest BCUT2D eigenvalue weighted by Gasteiger charge is -2.25. The van der Waals surface area contributed by atoms with Crippen molar-refractivity contribution in [1.82, 2.24) is 14.9 Å². The molecule has 0 unspecified atom stereocenters. The molecule has 0 saturated carbocycles. The van der Waals surface area contributed by atoms with Gasteiger partial charge in [-0.3, -0.25) is 14.5 Å². The van der Waals surface area contributed by atoms with Crippen LogP contribution in [0.4, 0.5) is 5.69 Å². The van der Waals surface area contributed by atoms with Gasteiger partial charge in [0.05, 0.1) is 31.9 Å². The average molecular weight is 463 g/mol. The zero-order valence-electron chi connectivity index (χ0n) is 18.9. The van der Waals surface area contributed by atoms with E-state index in [1.54, 1.807) is 24.3 Å². The number of carbonyl (C=O) groups excluding carboxylic acids is 1. The predicted octanol–water partition coefficient (Wildman–Crippen LogP) is 3.40. The van der Waals surface area contributed by atoms with E-state index in [4.69, 9.17) is 18.9 Å². The number of hydrogen-bond donors (Lipinski definition) is 2. The first-order valence-corrected chi connectivity index (χ1v) is 11.4. The van der Waals surface area contributed by atoms with Gasteiger partial charge in [-0.05, 0) is 36.8 Å². The molecule has 176 valence electrons. The summed E-state index contributed by atoms with van der Waals surface area (Å²) in [4.78, 5) is 35.0. The zero-order valence-corrected chi connectivity index (χ0v) is 18.9. The van der Waals surface area contributed by atoms with Gasteiger partial charge < -0.3 is 24.2 Å². The number of carbonyl (C=O) groups is 1. The number of rotatable bonds is 7. The second-order valence-electron chi connectivity index (χ2n) is 8.19. The Morgan fingerprint density at radius 2 is 2.03 bits per heavy atom. The number of morpholine rings is 1. The van der Waals surface area contributed by atoms with Crippen LogP contribution < -0.4 is 15.6 Å². The van der Waals surface area contributed by atoms with Crippen LogP contribution in [0.15, 0.2) is 51.7 Å². The number of amides is 1. The van der Waals surface area contributed by atoms with Crippen LogP contribution in [-0.4, -0.2) is 60.2 Å². The standard InChI is InChI=1S/C25H26N4O5/c1-2-11-33-19-8-7-16(26-21(30)15-29-9-12-32-13-10-29)14-18(19)24-27-22-17-5-3-4-6-20(17)34-23(22)25(31)28-24/h3-8,14H,2,9-13,15H2,1H3,(H,26,30)(H,27,28,31). The predicted molar refractivity (Wildman–Crippen MR) is 129 cm³/mol. The third kappa shape index (κ3) is 4.52. The van der Waals surface area contributed by atoms with Crippen molar-refractivity contribution in [2.75, 3.05) is 44.8 Å². The van der Waals surface area contributed by atoms with Crippen molar-refractivity contribution in [3.63, 3.8) is 0 Å². The third-order valence-electron chi connectivity index (χ3n) is 5.68. The van der Waals surface area contributed by atoms with Crippen molar-refractivity contribution < 1.29 is 18.7 Å². The maximum absolute atomic E-state index is 12.8. The van der Waals surface area contributed by atoms with E-state index in [1.807, 2.05) is 25.1 Å². The van der Waals surface area contributed by atoms with Gasteiger partial charge >= 0.3 is 0 Å². The van der Waals surface area contributed by atoms with Crippen LogP contribution in [0.5, 0.6) is 5.75 Å². The number of furan rings is 1. The normalized spacial score (nSPS) is 14.5. The highest BCUT2D eigenvalue weighted by Gasteiger charge is 2.18.